The third-order valence-corrected chi connectivity index (χ3v) is 6.24. The van der Waals surface area contributed by atoms with Gasteiger partial charge < -0.3 is 14.8 Å². The summed E-state index contributed by atoms with van der Waals surface area (Å²) in [6, 6.07) is 5.31. The highest BCUT2D eigenvalue weighted by Gasteiger charge is 2.28. The second kappa shape index (κ2) is 6.37. The number of carbonyl (C=O) groups excluding carboxylic acids is 1. The Kier molecular flexibility index (Phi) is 4.49. The summed E-state index contributed by atoms with van der Waals surface area (Å²) in [4.78, 5) is 12.8. The fourth-order valence-electron chi connectivity index (χ4n) is 2.44. The molecule has 1 atom stereocenters. The van der Waals surface area contributed by atoms with Gasteiger partial charge in [0.1, 0.15) is 13.2 Å². The van der Waals surface area contributed by atoms with Crippen molar-refractivity contribution in [1.82, 2.24) is 5.32 Å². The lowest BCUT2D eigenvalue weighted by atomic mass is 10.3. The topological polar surface area (TPSA) is 81.7 Å². The van der Waals surface area contributed by atoms with Crippen molar-refractivity contribution < 1.29 is 22.7 Å². The van der Waals surface area contributed by atoms with E-state index in [1.54, 1.807) is 0 Å². The van der Waals surface area contributed by atoms with Crippen molar-refractivity contribution in [3.8, 4) is 11.5 Å². The first kappa shape index (κ1) is 15.5. The fourth-order valence-corrected chi connectivity index (χ4v) is 4.85. The van der Waals surface area contributed by atoms with E-state index in [2.05, 4.69) is 5.32 Å². The van der Waals surface area contributed by atoms with Gasteiger partial charge in [-0.3, -0.25) is 4.79 Å². The third kappa shape index (κ3) is 3.86. The number of amides is 1. The van der Waals surface area contributed by atoms with Crippen LogP contribution in [0.2, 0.25) is 0 Å². The average Bonchev–Trinajstić information content (AvgIpc) is 2.84. The van der Waals surface area contributed by atoms with E-state index >= 15 is 0 Å². The van der Waals surface area contributed by atoms with Gasteiger partial charge in [0, 0.05) is 10.9 Å². The first-order valence-electron chi connectivity index (χ1n) is 7.04. The van der Waals surface area contributed by atoms with E-state index in [0.717, 1.165) is 10.6 Å². The van der Waals surface area contributed by atoms with Crippen molar-refractivity contribution in [3.05, 3.63) is 18.2 Å². The van der Waals surface area contributed by atoms with Crippen LogP contribution in [0.15, 0.2) is 23.1 Å². The van der Waals surface area contributed by atoms with E-state index in [1.807, 2.05) is 18.2 Å². The normalized spacial score (nSPS) is 22.3. The van der Waals surface area contributed by atoms with Gasteiger partial charge >= 0.3 is 0 Å². The van der Waals surface area contributed by atoms with Gasteiger partial charge in [-0.25, -0.2) is 8.42 Å². The molecule has 1 fully saturated rings. The predicted octanol–water partition coefficient (Wildman–Crippen LogP) is 0.853. The number of nitrogens with one attached hydrogen (secondary N) is 1. The molecule has 1 saturated heterocycles. The van der Waals surface area contributed by atoms with E-state index in [4.69, 9.17) is 9.47 Å². The molecule has 22 heavy (non-hydrogen) atoms. The van der Waals surface area contributed by atoms with Gasteiger partial charge in [-0.1, -0.05) is 0 Å². The van der Waals surface area contributed by atoms with Gasteiger partial charge in [0.15, 0.2) is 21.3 Å². The Labute approximate surface area is 133 Å². The molecule has 0 bridgehead atoms. The molecule has 0 radical (unpaired) electrons. The largest absolute Gasteiger partial charge is 0.486 e. The molecule has 2 aliphatic heterocycles. The lowest BCUT2D eigenvalue weighted by Gasteiger charge is -2.18. The molecule has 0 aromatic heterocycles. The number of rotatable bonds is 4. The molecule has 0 unspecified atom stereocenters. The van der Waals surface area contributed by atoms with Crippen LogP contribution in [0.4, 0.5) is 0 Å². The Morgan fingerprint density at radius 1 is 1.27 bits per heavy atom. The summed E-state index contributed by atoms with van der Waals surface area (Å²) in [5.41, 5.74) is 0. The molecule has 1 amide bonds. The zero-order valence-electron chi connectivity index (χ0n) is 11.9. The summed E-state index contributed by atoms with van der Waals surface area (Å²) in [6.07, 6.45) is 0.503. The van der Waals surface area contributed by atoms with Crippen molar-refractivity contribution in [2.75, 3.05) is 30.5 Å². The summed E-state index contributed by atoms with van der Waals surface area (Å²) in [5, 5.41) is 2.77. The molecule has 3 rings (SSSR count). The Morgan fingerprint density at radius 2 is 2.05 bits per heavy atom. The second-order valence-electron chi connectivity index (χ2n) is 5.26. The molecule has 1 N–H and O–H groups in total. The van der Waals surface area contributed by atoms with Crippen LogP contribution in [0.3, 0.4) is 0 Å². The molecule has 0 spiro atoms. The Morgan fingerprint density at radius 3 is 2.77 bits per heavy atom. The summed E-state index contributed by atoms with van der Waals surface area (Å²) in [5.74, 6) is 1.72. The predicted molar refractivity (Wildman–Crippen MR) is 83.4 cm³/mol. The molecular formula is C14H17NO5S2. The monoisotopic (exact) mass is 343 g/mol. The maximum Gasteiger partial charge on any atom is 0.230 e. The van der Waals surface area contributed by atoms with Crippen LogP contribution in [0, 0.1) is 0 Å². The number of carbonyl (C=O) groups is 1. The Balaban J connectivity index is 1.51. The van der Waals surface area contributed by atoms with Crippen LogP contribution >= 0.6 is 11.8 Å². The van der Waals surface area contributed by atoms with Crippen molar-refractivity contribution >= 4 is 27.5 Å². The number of ether oxygens (including phenoxy) is 2. The SMILES string of the molecule is O=C(CSc1ccc2c(c1)OCCO2)N[C@H]1CCS(=O)(=O)C1. The summed E-state index contributed by atoms with van der Waals surface area (Å²) in [7, 11) is -2.97. The maximum absolute atomic E-state index is 11.9. The summed E-state index contributed by atoms with van der Waals surface area (Å²) >= 11 is 1.39. The minimum absolute atomic E-state index is 0.0490. The molecule has 1 aromatic carbocycles. The lowest BCUT2D eigenvalue weighted by Crippen LogP contribution is -2.36. The zero-order valence-corrected chi connectivity index (χ0v) is 13.5. The number of hydrogen-bond acceptors (Lipinski definition) is 6. The van der Waals surface area contributed by atoms with Crippen LogP contribution in [0.25, 0.3) is 0 Å². The molecular weight excluding hydrogens is 326 g/mol. The first-order valence-corrected chi connectivity index (χ1v) is 9.85. The number of sulfone groups is 1. The molecule has 2 aliphatic rings. The lowest BCUT2D eigenvalue weighted by molar-refractivity contribution is -0.119. The van der Waals surface area contributed by atoms with Crippen LogP contribution in [-0.2, 0) is 14.6 Å². The van der Waals surface area contributed by atoms with Gasteiger partial charge in [-0.15, -0.1) is 11.8 Å². The Hall–Kier alpha value is -1.41. The van der Waals surface area contributed by atoms with Crippen molar-refractivity contribution in [1.29, 1.82) is 0 Å². The van der Waals surface area contributed by atoms with E-state index in [-0.39, 0.29) is 29.2 Å². The molecule has 0 saturated carbocycles. The molecule has 120 valence electrons. The standard InChI is InChI=1S/C14H17NO5S2/c16-14(15-10-3-6-22(17,18)9-10)8-21-11-1-2-12-13(7-11)20-5-4-19-12/h1-2,7,10H,3-6,8-9H2,(H,15,16)/t10-/m0/s1. The minimum atomic E-state index is -2.97. The Bertz CT molecular complexity index is 674. The second-order valence-corrected chi connectivity index (χ2v) is 8.54. The zero-order chi connectivity index (χ0) is 15.6. The minimum Gasteiger partial charge on any atom is -0.486 e. The summed E-state index contributed by atoms with van der Waals surface area (Å²) < 4.78 is 33.6. The van der Waals surface area contributed by atoms with Crippen LogP contribution in [-0.4, -0.2) is 50.8 Å². The quantitative estimate of drug-likeness (QED) is 0.817. The molecule has 2 heterocycles. The van der Waals surface area contributed by atoms with Crippen LogP contribution < -0.4 is 14.8 Å². The highest BCUT2D eigenvalue weighted by Crippen LogP contribution is 2.34. The molecule has 0 aliphatic carbocycles. The first-order chi connectivity index (χ1) is 10.5. The highest BCUT2D eigenvalue weighted by molar-refractivity contribution is 8.00. The maximum atomic E-state index is 11.9. The molecule has 6 nitrogen and oxygen atoms in total. The van der Waals surface area contributed by atoms with Crippen LogP contribution in [0.1, 0.15) is 6.42 Å². The fraction of sp³-hybridized carbons (Fsp3) is 0.500. The van der Waals surface area contributed by atoms with Crippen molar-refractivity contribution in [2.24, 2.45) is 0 Å². The van der Waals surface area contributed by atoms with Crippen molar-refractivity contribution in [3.63, 3.8) is 0 Å². The smallest absolute Gasteiger partial charge is 0.230 e. The van der Waals surface area contributed by atoms with Gasteiger partial charge in [0.05, 0.1) is 17.3 Å². The van der Waals surface area contributed by atoms with E-state index in [0.29, 0.717) is 25.4 Å². The third-order valence-electron chi connectivity index (χ3n) is 3.48. The summed E-state index contributed by atoms with van der Waals surface area (Å²) in [6.45, 7) is 1.07. The van der Waals surface area contributed by atoms with Gasteiger partial charge in [-0.2, -0.15) is 0 Å². The van der Waals surface area contributed by atoms with Gasteiger partial charge in [-0.05, 0) is 24.6 Å². The van der Waals surface area contributed by atoms with E-state index in [1.165, 1.54) is 11.8 Å². The van der Waals surface area contributed by atoms with Gasteiger partial charge in [0.2, 0.25) is 5.91 Å². The number of thioether (sulfide) groups is 1. The highest BCUT2D eigenvalue weighted by atomic mass is 32.2. The number of benzene rings is 1. The van der Waals surface area contributed by atoms with Crippen molar-refractivity contribution in [2.45, 2.75) is 17.4 Å². The number of hydrogen-bond donors (Lipinski definition) is 1. The van der Waals surface area contributed by atoms with Crippen LogP contribution in [0.5, 0.6) is 11.5 Å². The van der Waals surface area contributed by atoms with E-state index < -0.39 is 9.84 Å². The molecule has 1 aromatic rings. The number of fused-ring (bicyclic) bond motifs is 1. The van der Waals surface area contributed by atoms with E-state index in [9.17, 15) is 13.2 Å². The average molecular weight is 343 g/mol. The van der Waals surface area contributed by atoms with Gasteiger partial charge in [0.25, 0.3) is 0 Å². The molecule has 8 heteroatoms.